The Hall–Kier alpha value is -0.530. The molecule has 0 spiro atoms. The number of hydrogen-bond acceptors (Lipinski definition) is 1. The minimum Gasteiger partial charge on any atom is -0.365 e. The molecule has 1 aromatic rings. The van der Waals surface area contributed by atoms with Gasteiger partial charge in [0.05, 0.1) is 6.61 Å². The molecule has 0 amide bonds. The van der Waals surface area contributed by atoms with Gasteiger partial charge in [0.2, 0.25) is 0 Å². The smallest absolute Gasteiger partial charge is 0.120 e. The first-order valence-corrected chi connectivity index (χ1v) is 4.55. The summed E-state index contributed by atoms with van der Waals surface area (Å²) < 4.78 is 5.03. The van der Waals surface area contributed by atoms with Gasteiger partial charge in [-0.1, -0.05) is 41.4 Å². The highest BCUT2D eigenvalue weighted by molar-refractivity contribution is 6.17. The van der Waals surface area contributed by atoms with E-state index < -0.39 is 0 Å². The maximum Gasteiger partial charge on any atom is 0.120 e. The Kier molecular flexibility index (Phi) is 4.12. The second-order valence-corrected chi connectivity index (χ2v) is 2.97. The number of hydrogen-bond donors (Lipinski definition) is 0. The minimum atomic E-state index is 0.284. The van der Waals surface area contributed by atoms with E-state index in [9.17, 15) is 0 Å². The van der Waals surface area contributed by atoms with Gasteiger partial charge >= 0.3 is 0 Å². The molecule has 0 N–H and O–H groups in total. The predicted molar refractivity (Wildman–Crippen MR) is 51.6 cm³/mol. The average molecular weight is 185 g/mol. The topological polar surface area (TPSA) is 9.23 Å². The van der Waals surface area contributed by atoms with Crippen molar-refractivity contribution in [1.29, 1.82) is 0 Å². The van der Waals surface area contributed by atoms with Crippen LogP contribution in [0.15, 0.2) is 24.3 Å². The lowest BCUT2D eigenvalue weighted by Crippen LogP contribution is -1.96. The van der Waals surface area contributed by atoms with E-state index in [0.717, 1.165) is 6.42 Å². The van der Waals surface area contributed by atoms with Crippen LogP contribution in [0.2, 0.25) is 0 Å². The van der Waals surface area contributed by atoms with Crippen molar-refractivity contribution >= 4 is 11.6 Å². The van der Waals surface area contributed by atoms with E-state index in [2.05, 4.69) is 31.2 Å². The summed E-state index contributed by atoms with van der Waals surface area (Å²) >= 11 is 5.37. The lowest BCUT2D eigenvalue weighted by atomic mass is 10.1. The summed E-state index contributed by atoms with van der Waals surface area (Å²) in [6.45, 7) is 2.78. The van der Waals surface area contributed by atoms with E-state index in [1.165, 1.54) is 11.1 Å². The van der Waals surface area contributed by atoms with Gasteiger partial charge in [0, 0.05) is 0 Å². The Balaban J connectivity index is 2.37. The van der Waals surface area contributed by atoms with E-state index in [1.807, 2.05) is 0 Å². The van der Waals surface area contributed by atoms with Gasteiger partial charge in [-0.15, -0.1) is 0 Å². The minimum absolute atomic E-state index is 0.284. The fourth-order valence-electron chi connectivity index (χ4n) is 0.999. The summed E-state index contributed by atoms with van der Waals surface area (Å²) in [4.78, 5) is 0. The Morgan fingerprint density at radius 3 is 2.50 bits per heavy atom. The molecule has 1 nitrogen and oxygen atoms in total. The Morgan fingerprint density at radius 2 is 1.92 bits per heavy atom. The third kappa shape index (κ3) is 3.24. The molecule has 0 atom stereocenters. The molecule has 0 aliphatic heterocycles. The molecular weight excluding hydrogens is 172 g/mol. The van der Waals surface area contributed by atoms with Crippen molar-refractivity contribution in [2.24, 2.45) is 0 Å². The molecule has 1 rings (SSSR count). The molecule has 0 bridgehead atoms. The third-order valence-corrected chi connectivity index (χ3v) is 1.89. The van der Waals surface area contributed by atoms with Crippen LogP contribution in [0.25, 0.3) is 0 Å². The van der Waals surface area contributed by atoms with Crippen LogP contribution in [0.3, 0.4) is 0 Å². The first kappa shape index (κ1) is 9.56. The van der Waals surface area contributed by atoms with Crippen molar-refractivity contribution in [3.63, 3.8) is 0 Å². The second kappa shape index (κ2) is 5.18. The average Bonchev–Trinajstić information content (AvgIpc) is 2.09. The van der Waals surface area contributed by atoms with Crippen LogP contribution in [-0.2, 0) is 11.2 Å². The summed E-state index contributed by atoms with van der Waals surface area (Å²) in [5, 5.41) is 0. The van der Waals surface area contributed by atoms with E-state index in [-0.39, 0.29) is 6.07 Å². The molecule has 0 radical (unpaired) electrons. The van der Waals surface area contributed by atoms with E-state index in [0.29, 0.717) is 6.61 Å². The van der Waals surface area contributed by atoms with Crippen molar-refractivity contribution in [2.45, 2.75) is 13.3 Å². The molecule has 0 saturated carbocycles. The van der Waals surface area contributed by atoms with Crippen LogP contribution in [0.5, 0.6) is 0 Å². The standard InChI is InChI=1S/C10H13ClO/c1-9-2-4-10(5-3-9)6-7-12-8-11/h2-5H,6-8H2,1H3. The fourth-order valence-corrected chi connectivity index (χ4v) is 1.11. The number of rotatable bonds is 4. The van der Waals surface area contributed by atoms with Gasteiger partial charge in [-0.05, 0) is 18.9 Å². The first-order chi connectivity index (χ1) is 5.83. The molecule has 2 heteroatoms. The molecule has 0 heterocycles. The first-order valence-electron chi connectivity index (χ1n) is 4.02. The fraction of sp³-hybridized carbons (Fsp3) is 0.400. The summed E-state index contributed by atoms with van der Waals surface area (Å²) in [5.74, 6) is 0. The van der Waals surface area contributed by atoms with Crippen molar-refractivity contribution in [3.8, 4) is 0 Å². The predicted octanol–water partition coefficient (Wildman–Crippen LogP) is 2.75. The molecular formula is C10H13ClO. The van der Waals surface area contributed by atoms with Gasteiger partial charge < -0.3 is 4.74 Å². The molecule has 0 saturated heterocycles. The maximum absolute atomic E-state index is 5.37. The van der Waals surface area contributed by atoms with Crippen LogP contribution in [-0.4, -0.2) is 12.7 Å². The molecule has 66 valence electrons. The Labute approximate surface area is 78.3 Å². The SMILES string of the molecule is Cc1ccc(CCOCCl)cc1. The summed E-state index contributed by atoms with van der Waals surface area (Å²) in [6, 6.07) is 8.73. The van der Waals surface area contributed by atoms with Crippen molar-refractivity contribution in [2.75, 3.05) is 12.7 Å². The molecule has 0 fully saturated rings. The summed E-state index contributed by atoms with van der Waals surface area (Å²) in [5.41, 5.74) is 2.59. The number of benzene rings is 1. The van der Waals surface area contributed by atoms with Gasteiger partial charge in [0.1, 0.15) is 6.07 Å². The van der Waals surface area contributed by atoms with E-state index in [1.54, 1.807) is 0 Å². The van der Waals surface area contributed by atoms with E-state index in [4.69, 9.17) is 16.3 Å². The largest absolute Gasteiger partial charge is 0.365 e. The van der Waals surface area contributed by atoms with Gasteiger partial charge in [-0.2, -0.15) is 0 Å². The van der Waals surface area contributed by atoms with Crippen molar-refractivity contribution < 1.29 is 4.74 Å². The molecule has 12 heavy (non-hydrogen) atoms. The second-order valence-electron chi connectivity index (χ2n) is 2.75. The Morgan fingerprint density at radius 1 is 1.25 bits per heavy atom. The Bertz CT molecular complexity index is 218. The van der Waals surface area contributed by atoms with Crippen molar-refractivity contribution in [3.05, 3.63) is 35.4 Å². The zero-order valence-corrected chi connectivity index (χ0v) is 7.97. The summed E-state index contributed by atoms with van der Waals surface area (Å²) in [6.07, 6.45) is 0.938. The third-order valence-electron chi connectivity index (χ3n) is 1.73. The monoisotopic (exact) mass is 184 g/mol. The molecule has 0 aliphatic carbocycles. The molecule has 0 aliphatic rings. The highest BCUT2D eigenvalue weighted by atomic mass is 35.5. The summed E-state index contributed by atoms with van der Waals surface area (Å²) in [7, 11) is 0. The van der Waals surface area contributed by atoms with Crippen LogP contribution in [0.4, 0.5) is 0 Å². The zero-order chi connectivity index (χ0) is 8.81. The van der Waals surface area contributed by atoms with Gasteiger partial charge in [-0.3, -0.25) is 0 Å². The van der Waals surface area contributed by atoms with Gasteiger partial charge in [-0.25, -0.2) is 0 Å². The number of aryl methyl sites for hydroxylation is 1. The van der Waals surface area contributed by atoms with Crippen LogP contribution >= 0.6 is 11.6 Å². The normalized spacial score (nSPS) is 10.2. The molecule has 0 aromatic heterocycles. The highest BCUT2D eigenvalue weighted by Crippen LogP contribution is 2.03. The van der Waals surface area contributed by atoms with E-state index >= 15 is 0 Å². The van der Waals surface area contributed by atoms with Crippen molar-refractivity contribution in [1.82, 2.24) is 0 Å². The van der Waals surface area contributed by atoms with Gasteiger partial charge in [0.15, 0.2) is 0 Å². The van der Waals surface area contributed by atoms with Crippen LogP contribution in [0.1, 0.15) is 11.1 Å². The van der Waals surface area contributed by atoms with Crippen LogP contribution < -0.4 is 0 Å². The number of halogens is 1. The lowest BCUT2D eigenvalue weighted by molar-refractivity contribution is 0.183. The zero-order valence-electron chi connectivity index (χ0n) is 7.22. The maximum atomic E-state index is 5.37. The number of alkyl halides is 1. The van der Waals surface area contributed by atoms with Crippen LogP contribution in [0, 0.1) is 6.92 Å². The molecule has 1 aromatic carbocycles. The van der Waals surface area contributed by atoms with Gasteiger partial charge in [0.25, 0.3) is 0 Å². The highest BCUT2D eigenvalue weighted by Gasteiger charge is 1.91. The molecule has 0 unspecified atom stereocenters. The lowest BCUT2D eigenvalue weighted by Gasteiger charge is -2.01. The quantitative estimate of drug-likeness (QED) is 0.517. The number of ether oxygens (including phenoxy) is 1.